The molecule has 1 unspecified atom stereocenters. The van der Waals surface area contributed by atoms with Crippen LogP contribution in [0, 0.1) is 0 Å². The molecular formula is C13H17ClN2O3. The Kier molecular flexibility index (Phi) is 4.61. The van der Waals surface area contributed by atoms with Gasteiger partial charge in [0.25, 0.3) is 0 Å². The predicted octanol–water partition coefficient (Wildman–Crippen LogP) is 2.30. The first-order chi connectivity index (χ1) is 9.09. The van der Waals surface area contributed by atoms with E-state index in [0.29, 0.717) is 12.6 Å². The third kappa shape index (κ3) is 3.36. The van der Waals surface area contributed by atoms with Crippen molar-refractivity contribution in [3.63, 3.8) is 0 Å². The highest BCUT2D eigenvalue weighted by Gasteiger charge is 2.21. The number of likely N-dealkylation sites (tertiary alicyclic amines) is 1. The third-order valence-corrected chi connectivity index (χ3v) is 3.81. The molecule has 0 amide bonds. The van der Waals surface area contributed by atoms with Crippen LogP contribution in [0.3, 0.4) is 0 Å². The number of ether oxygens (including phenoxy) is 1. The summed E-state index contributed by atoms with van der Waals surface area (Å²) in [6.07, 6.45) is 4.68. The Bertz CT molecular complexity index is 467. The molecule has 0 spiro atoms. The van der Waals surface area contributed by atoms with E-state index >= 15 is 0 Å². The second-order valence-corrected chi connectivity index (χ2v) is 5.07. The lowest BCUT2D eigenvalue weighted by Gasteiger charge is -2.19. The molecule has 5 nitrogen and oxygen atoms in total. The van der Waals surface area contributed by atoms with Crippen molar-refractivity contribution in [3.05, 3.63) is 22.8 Å². The summed E-state index contributed by atoms with van der Waals surface area (Å²) in [6.45, 7) is 1.61. The summed E-state index contributed by atoms with van der Waals surface area (Å²) in [4.78, 5) is 17.2. The van der Waals surface area contributed by atoms with E-state index < -0.39 is 5.97 Å². The first-order valence-corrected chi connectivity index (χ1v) is 6.68. The van der Waals surface area contributed by atoms with Crippen molar-refractivity contribution in [1.29, 1.82) is 0 Å². The van der Waals surface area contributed by atoms with Gasteiger partial charge in [-0.05, 0) is 38.9 Å². The van der Waals surface area contributed by atoms with E-state index in [1.54, 1.807) is 0 Å². The van der Waals surface area contributed by atoms with Crippen LogP contribution in [0.2, 0.25) is 5.02 Å². The molecule has 1 fully saturated rings. The third-order valence-electron chi connectivity index (χ3n) is 3.45. The minimum absolute atomic E-state index is 0.0182. The fourth-order valence-corrected chi connectivity index (χ4v) is 2.57. The van der Waals surface area contributed by atoms with Gasteiger partial charge in [-0.25, -0.2) is 9.78 Å². The first-order valence-electron chi connectivity index (χ1n) is 6.30. The summed E-state index contributed by atoms with van der Waals surface area (Å²) in [5, 5.41) is 9.01. The molecule has 1 aromatic rings. The number of aromatic nitrogens is 1. The summed E-state index contributed by atoms with van der Waals surface area (Å²) in [7, 11) is 2.11. The topological polar surface area (TPSA) is 62.7 Å². The molecule has 19 heavy (non-hydrogen) atoms. The molecular weight excluding hydrogens is 268 g/mol. The second kappa shape index (κ2) is 6.21. The molecule has 0 bridgehead atoms. The maximum Gasteiger partial charge on any atom is 0.337 e. The van der Waals surface area contributed by atoms with Crippen molar-refractivity contribution in [2.75, 3.05) is 20.2 Å². The summed E-state index contributed by atoms with van der Waals surface area (Å²) >= 11 is 5.95. The number of halogens is 1. The highest BCUT2D eigenvalue weighted by molar-refractivity contribution is 6.34. The van der Waals surface area contributed by atoms with Gasteiger partial charge in [0.15, 0.2) is 0 Å². The molecule has 0 aliphatic carbocycles. The minimum Gasteiger partial charge on any atom is -0.478 e. The van der Waals surface area contributed by atoms with Gasteiger partial charge in [-0.2, -0.15) is 0 Å². The fraction of sp³-hybridized carbons (Fsp3) is 0.538. The molecule has 1 aliphatic heterocycles. The Balaban J connectivity index is 1.92. The summed E-state index contributed by atoms with van der Waals surface area (Å²) < 4.78 is 5.50. The Morgan fingerprint density at radius 1 is 1.68 bits per heavy atom. The Morgan fingerprint density at radius 2 is 2.47 bits per heavy atom. The van der Waals surface area contributed by atoms with Gasteiger partial charge in [-0.15, -0.1) is 0 Å². The van der Waals surface area contributed by atoms with Crippen LogP contribution in [-0.2, 0) is 0 Å². The van der Waals surface area contributed by atoms with Gasteiger partial charge in [-0.3, -0.25) is 0 Å². The van der Waals surface area contributed by atoms with Gasteiger partial charge in [-0.1, -0.05) is 11.6 Å². The molecule has 2 heterocycles. The molecule has 1 saturated heterocycles. The van der Waals surface area contributed by atoms with Crippen LogP contribution < -0.4 is 4.74 Å². The molecule has 1 N–H and O–H groups in total. The normalized spacial score (nSPS) is 19.6. The van der Waals surface area contributed by atoms with Gasteiger partial charge in [0.1, 0.15) is 5.02 Å². The predicted molar refractivity (Wildman–Crippen MR) is 72.0 cm³/mol. The lowest BCUT2D eigenvalue weighted by molar-refractivity contribution is 0.0696. The average Bonchev–Trinajstić information content (AvgIpc) is 2.77. The van der Waals surface area contributed by atoms with E-state index in [1.807, 2.05) is 0 Å². The van der Waals surface area contributed by atoms with Crippen molar-refractivity contribution in [3.8, 4) is 5.88 Å². The zero-order valence-electron chi connectivity index (χ0n) is 10.8. The number of carboxylic acid groups (broad SMARTS) is 1. The lowest BCUT2D eigenvalue weighted by atomic mass is 10.1. The van der Waals surface area contributed by atoms with Crippen LogP contribution in [0.1, 0.15) is 29.6 Å². The maximum atomic E-state index is 10.9. The molecule has 0 radical (unpaired) electrons. The fourth-order valence-electron chi connectivity index (χ4n) is 2.33. The van der Waals surface area contributed by atoms with E-state index in [2.05, 4.69) is 16.9 Å². The maximum absolute atomic E-state index is 10.9. The molecule has 0 saturated carbocycles. The Hall–Kier alpha value is -1.33. The highest BCUT2D eigenvalue weighted by atomic mass is 35.5. The Morgan fingerprint density at radius 3 is 3.11 bits per heavy atom. The number of nitrogens with zero attached hydrogens (tertiary/aromatic N) is 2. The lowest BCUT2D eigenvalue weighted by Crippen LogP contribution is -2.26. The largest absolute Gasteiger partial charge is 0.478 e. The van der Waals surface area contributed by atoms with Crippen LogP contribution in [0.5, 0.6) is 5.88 Å². The summed E-state index contributed by atoms with van der Waals surface area (Å²) in [5.41, 5.74) is 0.0182. The number of hydrogen-bond donors (Lipinski definition) is 1. The van der Waals surface area contributed by atoms with E-state index in [-0.39, 0.29) is 16.5 Å². The highest BCUT2D eigenvalue weighted by Crippen LogP contribution is 2.26. The monoisotopic (exact) mass is 284 g/mol. The van der Waals surface area contributed by atoms with Gasteiger partial charge in [0.2, 0.25) is 5.88 Å². The molecule has 104 valence electrons. The standard InChI is InChI=1S/C13H17ClN2O3/c1-16-7-2-3-9(16)5-8-19-12-11(14)10(13(17)18)4-6-15-12/h4,6,9H,2-3,5,7-8H2,1H3,(H,17,18). The summed E-state index contributed by atoms with van der Waals surface area (Å²) in [5.74, 6) is -0.880. The van der Waals surface area contributed by atoms with Crippen LogP contribution in [0.25, 0.3) is 0 Å². The van der Waals surface area contributed by atoms with Crippen LogP contribution in [0.4, 0.5) is 0 Å². The number of carbonyl (C=O) groups is 1. The van der Waals surface area contributed by atoms with E-state index in [1.165, 1.54) is 25.1 Å². The molecule has 1 aliphatic rings. The molecule has 1 atom stereocenters. The number of pyridine rings is 1. The van der Waals surface area contributed by atoms with Crippen LogP contribution in [-0.4, -0.2) is 47.2 Å². The van der Waals surface area contributed by atoms with Gasteiger partial charge >= 0.3 is 5.97 Å². The molecule has 2 rings (SSSR count). The minimum atomic E-state index is -1.08. The summed E-state index contributed by atoms with van der Waals surface area (Å²) in [6, 6.07) is 1.89. The van der Waals surface area contributed by atoms with Gasteiger partial charge in [0.05, 0.1) is 12.2 Å². The number of rotatable bonds is 5. The zero-order chi connectivity index (χ0) is 13.8. The average molecular weight is 285 g/mol. The quantitative estimate of drug-likeness (QED) is 0.899. The Labute approximate surface area is 117 Å². The van der Waals surface area contributed by atoms with Crippen LogP contribution in [0.15, 0.2) is 12.3 Å². The SMILES string of the molecule is CN1CCCC1CCOc1nccc(C(=O)O)c1Cl. The van der Waals surface area contributed by atoms with Crippen molar-refractivity contribution in [1.82, 2.24) is 9.88 Å². The molecule has 6 heteroatoms. The number of aromatic carboxylic acids is 1. The van der Waals surface area contributed by atoms with Crippen molar-refractivity contribution < 1.29 is 14.6 Å². The van der Waals surface area contributed by atoms with Crippen molar-refractivity contribution in [2.45, 2.75) is 25.3 Å². The van der Waals surface area contributed by atoms with Gasteiger partial charge < -0.3 is 14.7 Å². The van der Waals surface area contributed by atoms with Crippen LogP contribution >= 0.6 is 11.6 Å². The number of hydrogen-bond acceptors (Lipinski definition) is 4. The number of carboxylic acids is 1. The van der Waals surface area contributed by atoms with Crippen molar-refractivity contribution in [2.24, 2.45) is 0 Å². The van der Waals surface area contributed by atoms with E-state index in [9.17, 15) is 4.79 Å². The molecule has 0 aromatic carbocycles. The first kappa shape index (κ1) is 14.1. The molecule has 1 aromatic heterocycles. The van der Waals surface area contributed by atoms with E-state index in [0.717, 1.165) is 13.0 Å². The second-order valence-electron chi connectivity index (χ2n) is 4.70. The zero-order valence-corrected chi connectivity index (χ0v) is 11.6. The van der Waals surface area contributed by atoms with E-state index in [4.69, 9.17) is 21.4 Å². The van der Waals surface area contributed by atoms with Gasteiger partial charge in [0, 0.05) is 12.2 Å². The van der Waals surface area contributed by atoms with Crippen molar-refractivity contribution >= 4 is 17.6 Å². The smallest absolute Gasteiger partial charge is 0.337 e.